The van der Waals surface area contributed by atoms with E-state index >= 15 is 0 Å². The second-order valence-electron chi connectivity index (χ2n) is 5.30. The van der Waals surface area contributed by atoms with Crippen LogP contribution in [0.4, 0.5) is 0 Å². The Morgan fingerprint density at radius 2 is 2.35 bits per heavy atom. The van der Waals surface area contributed by atoms with Crippen molar-refractivity contribution in [3.8, 4) is 0 Å². The predicted molar refractivity (Wildman–Crippen MR) is 77.4 cm³/mol. The number of carboxylic acids is 1. The molecule has 1 amide bonds. The Kier molecular flexibility index (Phi) is 4.45. The fourth-order valence-corrected chi connectivity index (χ4v) is 3.44. The van der Waals surface area contributed by atoms with Gasteiger partial charge in [-0.15, -0.1) is 11.3 Å². The number of nitrogens with two attached hydrogens (primary N) is 1. The largest absolute Gasteiger partial charge is 0.481 e. The Morgan fingerprint density at radius 3 is 2.90 bits per heavy atom. The molecule has 2 heterocycles. The molecular weight excluding hydrogens is 276 g/mol. The third-order valence-electron chi connectivity index (χ3n) is 4.13. The Hall–Kier alpha value is -1.40. The molecule has 0 radical (unpaired) electrons. The second-order valence-corrected chi connectivity index (χ2v) is 6.27. The minimum Gasteiger partial charge on any atom is -0.481 e. The number of carboxylic acid groups (broad SMARTS) is 1. The third-order valence-corrected chi connectivity index (χ3v) is 5.09. The lowest BCUT2D eigenvalue weighted by atomic mass is 9.77. The highest BCUT2D eigenvalue weighted by atomic mass is 32.1. The van der Waals surface area contributed by atoms with Gasteiger partial charge in [0.2, 0.25) is 5.91 Å². The van der Waals surface area contributed by atoms with Gasteiger partial charge in [0.05, 0.1) is 5.41 Å². The molecule has 6 heteroatoms. The Morgan fingerprint density at radius 1 is 1.60 bits per heavy atom. The molecule has 1 aromatic rings. The highest BCUT2D eigenvalue weighted by molar-refractivity contribution is 7.10. The van der Waals surface area contributed by atoms with E-state index in [9.17, 15) is 14.7 Å². The average Bonchev–Trinajstić information content (AvgIpc) is 2.99. The molecule has 0 aliphatic carbocycles. The van der Waals surface area contributed by atoms with Crippen LogP contribution < -0.4 is 5.73 Å². The molecule has 110 valence electrons. The molecule has 20 heavy (non-hydrogen) atoms. The van der Waals surface area contributed by atoms with Crippen LogP contribution >= 0.6 is 11.3 Å². The van der Waals surface area contributed by atoms with Gasteiger partial charge in [-0.05, 0) is 30.7 Å². The summed E-state index contributed by atoms with van der Waals surface area (Å²) in [5.41, 5.74) is 5.18. The van der Waals surface area contributed by atoms with Gasteiger partial charge in [-0.1, -0.05) is 13.0 Å². The highest BCUT2D eigenvalue weighted by Gasteiger charge is 2.42. The van der Waals surface area contributed by atoms with Gasteiger partial charge in [0, 0.05) is 18.0 Å². The van der Waals surface area contributed by atoms with Crippen LogP contribution in [0.25, 0.3) is 0 Å². The molecule has 2 unspecified atom stereocenters. The zero-order valence-corrected chi connectivity index (χ0v) is 12.4. The average molecular weight is 296 g/mol. The first-order valence-corrected chi connectivity index (χ1v) is 7.69. The maximum absolute atomic E-state index is 12.4. The first-order valence-electron chi connectivity index (χ1n) is 6.81. The molecule has 2 atom stereocenters. The van der Waals surface area contributed by atoms with Gasteiger partial charge in [-0.25, -0.2) is 0 Å². The molecule has 1 aromatic heterocycles. The number of amides is 1. The summed E-state index contributed by atoms with van der Waals surface area (Å²) in [6.07, 6.45) is 1.86. The second kappa shape index (κ2) is 5.93. The summed E-state index contributed by atoms with van der Waals surface area (Å²) in [5, 5.41) is 11.3. The number of nitrogens with zero attached hydrogens (tertiary/aromatic N) is 1. The van der Waals surface area contributed by atoms with Crippen molar-refractivity contribution in [3.63, 3.8) is 0 Å². The predicted octanol–water partition coefficient (Wildman–Crippen LogP) is 1.85. The normalized spacial score (nSPS) is 24.4. The zero-order valence-electron chi connectivity index (χ0n) is 11.5. The van der Waals surface area contributed by atoms with Gasteiger partial charge in [0.15, 0.2) is 0 Å². The number of piperidine rings is 1. The van der Waals surface area contributed by atoms with Crippen LogP contribution in [-0.4, -0.2) is 35.0 Å². The van der Waals surface area contributed by atoms with Crippen molar-refractivity contribution in [2.75, 3.05) is 13.1 Å². The minimum atomic E-state index is -0.817. The van der Waals surface area contributed by atoms with Crippen molar-refractivity contribution in [3.05, 3.63) is 22.4 Å². The molecule has 0 spiro atoms. The summed E-state index contributed by atoms with van der Waals surface area (Å²) >= 11 is 1.45. The maximum atomic E-state index is 12.4. The SMILES string of the molecule is CCC1(C(=O)O)CCCN(C(=O)C(N)c2cccs2)C1. The number of carbonyl (C=O) groups is 2. The van der Waals surface area contributed by atoms with Crippen molar-refractivity contribution in [2.24, 2.45) is 11.1 Å². The number of likely N-dealkylation sites (tertiary alicyclic amines) is 1. The maximum Gasteiger partial charge on any atom is 0.311 e. The molecule has 0 saturated carbocycles. The lowest BCUT2D eigenvalue weighted by Crippen LogP contribution is -2.51. The van der Waals surface area contributed by atoms with Crippen LogP contribution in [-0.2, 0) is 9.59 Å². The number of hydrogen-bond acceptors (Lipinski definition) is 4. The summed E-state index contributed by atoms with van der Waals surface area (Å²) in [6, 6.07) is 3.01. The summed E-state index contributed by atoms with van der Waals surface area (Å²) in [5.74, 6) is -0.992. The molecule has 3 N–H and O–H groups in total. The number of thiophene rings is 1. The fraction of sp³-hybridized carbons (Fsp3) is 0.571. The lowest BCUT2D eigenvalue weighted by Gasteiger charge is -2.40. The van der Waals surface area contributed by atoms with Gasteiger partial charge in [0.1, 0.15) is 6.04 Å². The number of rotatable bonds is 4. The number of carbonyl (C=O) groups excluding carboxylic acids is 1. The Bertz CT molecular complexity index is 489. The fourth-order valence-electron chi connectivity index (χ4n) is 2.72. The molecule has 1 saturated heterocycles. The van der Waals surface area contributed by atoms with Crippen LogP contribution in [0.1, 0.15) is 37.1 Å². The monoisotopic (exact) mass is 296 g/mol. The van der Waals surface area contributed by atoms with Gasteiger partial charge >= 0.3 is 5.97 Å². The van der Waals surface area contributed by atoms with E-state index in [1.165, 1.54) is 11.3 Å². The number of aliphatic carboxylic acids is 1. The van der Waals surface area contributed by atoms with Crippen LogP contribution in [0.2, 0.25) is 0 Å². The van der Waals surface area contributed by atoms with Gasteiger partial charge < -0.3 is 15.7 Å². The molecule has 0 bridgehead atoms. The lowest BCUT2D eigenvalue weighted by molar-refractivity contribution is -0.155. The Balaban J connectivity index is 2.12. The number of hydrogen-bond donors (Lipinski definition) is 2. The molecule has 1 fully saturated rings. The van der Waals surface area contributed by atoms with Crippen LogP contribution in [0.15, 0.2) is 17.5 Å². The van der Waals surface area contributed by atoms with Crippen molar-refractivity contribution in [1.29, 1.82) is 0 Å². The third kappa shape index (κ3) is 2.71. The van der Waals surface area contributed by atoms with Crippen molar-refractivity contribution < 1.29 is 14.7 Å². The van der Waals surface area contributed by atoms with Gasteiger partial charge in [-0.3, -0.25) is 9.59 Å². The summed E-state index contributed by atoms with van der Waals surface area (Å²) < 4.78 is 0. The smallest absolute Gasteiger partial charge is 0.311 e. The molecule has 2 rings (SSSR count). The summed E-state index contributed by atoms with van der Waals surface area (Å²) in [4.78, 5) is 26.4. The molecule has 1 aliphatic rings. The van der Waals surface area contributed by atoms with Crippen molar-refractivity contribution in [2.45, 2.75) is 32.2 Å². The van der Waals surface area contributed by atoms with E-state index in [0.717, 1.165) is 4.88 Å². The highest BCUT2D eigenvalue weighted by Crippen LogP contribution is 2.34. The quantitative estimate of drug-likeness (QED) is 0.888. The zero-order chi connectivity index (χ0) is 14.8. The van der Waals surface area contributed by atoms with E-state index in [1.807, 2.05) is 24.4 Å². The molecular formula is C14H20N2O3S. The molecule has 5 nitrogen and oxygen atoms in total. The van der Waals surface area contributed by atoms with E-state index in [-0.39, 0.29) is 12.5 Å². The molecule has 1 aliphatic heterocycles. The first kappa shape index (κ1) is 15.0. The summed E-state index contributed by atoms with van der Waals surface area (Å²) in [6.45, 7) is 2.71. The van der Waals surface area contributed by atoms with E-state index in [2.05, 4.69) is 0 Å². The molecule has 0 aromatic carbocycles. The van der Waals surface area contributed by atoms with Gasteiger partial charge in [-0.2, -0.15) is 0 Å². The van der Waals surface area contributed by atoms with Crippen LogP contribution in [0.3, 0.4) is 0 Å². The first-order chi connectivity index (χ1) is 9.50. The van der Waals surface area contributed by atoms with E-state index in [1.54, 1.807) is 4.90 Å². The Labute approximate surface area is 122 Å². The summed E-state index contributed by atoms with van der Waals surface area (Å²) in [7, 11) is 0. The van der Waals surface area contributed by atoms with Gasteiger partial charge in [0.25, 0.3) is 0 Å². The topological polar surface area (TPSA) is 83.6 Å². The minimum absolute atomic E-state index is 0.175. The van der Waals surface area contributed by atoms with Crippen molar-refractivity contribution >= 4 is 23.2 Å². The van der Waals surface area contributed by atoms with Crippen molar-refractivity contribution in [1.82, 2.24) is 4.90 Å². The van der Waals surface area contributed by atoms with E-state index in [0.29, 0.717) is 25.8 Å². The van der Waals surface area contributed by atoms with E-state index in [4.69, 9.17) is 5.73 Å². The van der Waals surface area contributed by atoms with Crippen LogP contribution in [0, 0.1) is 5.41 Å². The van der Waals surface area contributed by atoms with E-state index < -0.39 is 17.4 Å². The van der Waals surface area contributed by atoms with Crippen LogP contribution in [0.5, 0.6) is 0 Å². The standard InChI is InChI=1S/C14H20N2O3S/c1-2-14(13(18)19)6-4-7-16(9-14)12(17)11(15)10-5-3-8-20-10/h3,5,8,11H,2,4,6-7,9,15H2,1H3,(H,18,19).